The van der Waals surface area contributed by atoms with Gasteiger partial charge >= 0.3 is 0 Å². The summed E-state index contributed by atoms with van der Waals surface area (Å²) in [6.07, 6.45) is 3.00. The maximum Gasteiger partial charge on any atom is 0.276 e. The summed E-state index contributed by atoms with van der Waals surface area (Å²) >= 11 is 5.66. The third kappa shape index (κ3) is 2.17. The zero-order valence-electron chi connectivity index (χ0n) is 8.38. The van der Waals surface area contributed by atoms with Crippen LogP contribution in [-0.2, 0) is 7.05 Å². The highest BCUT2D eigenvalue weighted by atomic mass is 35.5. The van der Waals surface area contributed by atoms with E-state index in [0.29, 0.717) is 5.69 Å². The molecule has 0 aromatic carbocycles. The predicted octanol–water partition coefficient (Wildman–Crippen LogP) is 1.12. The minimum Gasteiger partial charge on any atom is -0.289 e. The molecule has 0 saturated carbocycles. The maximum atomic E-state index is 11.7. The van der Waals surface area contributed by atoms with Crippen molar-refractivity contribution in [1.29, 1.82) is 0 Å². The zero-order chi connectivity index (χ0) is 11.5. The van der Waals surface area contributed by atoms with Crippen LogP contribution in [0.2, 0.25) is 5.15 Å². The Labute approximate surface area is 96.3 Å². The predicted molar refractivity (Wildman–Crippen MR) is 58.2 cm³/mol. The van der Waals surface area contributed by atoms with E-state index in [1.807, 2.05) is 0 Å². The maximum absolute atomic E-state index is 11.7. The molecule has 0 atom stereocenters. The van der Waals surface area contributed by atoms with Crippen LogP contribution in [0.1, 0.15) is 10.5 Å². The Bertz CT molecular complexity index is 524. The molecule has 2 aromatic heterocycles. The van der Waals surface area contributed by atoms with Crippen molar-refractivity contribution in [3.05, 3.63) is 35.4 Å². The van der Waals surface area contributed by atoms with Gasteiger partial charge in [-0.1, -0.05) is 11.6 Å². The zero-order valence-corrected chi connectivity index (χ0v) is 9.14. The number of aryl methyl sites for hydroxylation is 1. The van der Waals surface area contributed by atoms with Gasteiger partial charge in [-0.2, -0.15) is 5.10 Å². The van der Waals surface area contributed by atoms with Crippen molar-refractivity contribution in [2.75, 3.05) is 5.32 Å². The molecule has 82 valence electrons. The van der Waals surface area contributed by atoms with E-state index in [9.17, 15) is 4.79 Å². The molecule has 0 aliphatic heterocycles. The second-order valence-electron chi connectivity index (χ2n) is 3.00. The fraction of sp³-hybridized carbons (Fsp3) is 0.111. The number of nitrogens with one attached hydrogen (secondary N) is 1. The lowest BCUT2D eigenvalue weighted by Crippen LogP contribution is -2.17. The van der Waals surface area contributed by atoms with Gasteiger partial charge in [0.25, 0.3) is 5.91 Å². The molecule has 0 fully saturated rings. The van der Waals surface area contributed by atoms with Crippen molar-refractivity contribution in [2.24, 2.45) is 7.05 Å². The lowest BCUT2D eigenvalue weighted by atomic mass is 10.4. The van der Waals surface area contributed by atoms with E-state index >= 15 is 0 Å². The van der Waals surface area contributed by atoms with Crippen molar-refractivity contribution in [1.82, 2.24) is 19.7 Å². The van der Waals surface area contributed by atoms with Crippen LogP contribution >= 0.6 is 11.6 Å². The highest BCUT2D eigenvalue weighted by Crippen LogP contribution is 2.07. The first kappa shape index (κ1) is 10.6. The Morgan fingerprint density at radius 2 is 2.25 bits per heavy atom. The molecule has 2 aromatic rings. The molecule has 2 rings (SSSR count). The van der Waals surface area contributed by atoms with Gasteiger partial charge < -0.3 is 0 Å². The number of anilines is 1. The summed E-state index contributed by atoms with van der Waals surface area (Å²) in [5.41, 5.74) is 0.420. The first-order valence-electron chi connectivity index (χ1n) is 4.45. The molecule has 0 spiro atoms. The third-order valence-corrected chi connectivity index (χ3v) is 2.11. The summed E-state index contributed by atoms with van der Waals surface area (Å²) in [5.74, 6) is -0.166. The Hall–Kier alpha value is -1.95. The van der Waals surface area contributed by atoms with Gasteiger partial charge in [-0.25, -0.2) is 9.97 Å². The Morgan fingerprint density at radius 1 is 1.44 bits per heavy atom. The summed E-state index contributed by atoms with van der Waals surface area (Å²) in [4.78, 5) is 19.4. The summed E-state index contributed by atoms with van der Waals surface area (Å²) in [5, 5.41) is 6.68. The van der Waals surface area contributed by atoms with Crippen molar-refractivity contribution in [2.45, 2.75) is 0 Å². The second kappa shape index (κ2) is 4.28. The van der Waals surface area contributed by atoms with Crippen LogP contribution in [0.4, 0.5) is 5.95 Å². The fourth-order valence-corrected chi connectivity index (χ4v) is 1.30. The quantitative estimate of drug-likeness (QED) is 0.795. The molecule has 0 unspecified atom stereocenters. The highest BCUT2D eigenvalue weighted by Gasteiger charge is 2.11. The van der Waals surface area contributed by atoms with Crippen LogP contribution in [0.25, 0.3) is 0 Å². The smallest absolute Gasteiger partial charge is 0.276 e. The Morgan fingerprint density at radius 3 is 2.88 bits per heavy atom. The molecule has 16 heavy (non-hydrogen) atoms. The Balaban J connectivity index is 2.17. The molecule has 6 nitrogen and oxygen atoms in total. The topological polar surface area (TPSA) is 72.7 Å². The summed E-state index contributed by atoms with van der Waals surface area (Å²) in [7, 11) is 1.67. The fourth-order valence-electron chi connectivity index (χ4n) is 1.16. The van der Waals surface area contributed by atoms with Crippen LogP contribution in [0.5, 0.6) is 0 Å². The van der Waals surface area contributed by atoms with Gasteiger partial charge in [0.1, 0.15) is 10.8 Å². The lowest BCUT2D eigenvalue weighted by Gasteiger charge is -2.03. The summed E-state index contributed by atoms with van der Waals surface area (Å²) < 4.78 is 1.46. The molecule has 0 bridgehead atoms. The normalized spacial score (nSPS) is 10.1. The average molecular weight is 238 g/mol. The molecule has 0 aliphatic rings. The molecule has 1 N–H and O–H groups in total. The average Bonchev–Trinajstić information content (AvgIpc) is 2.64. The van der Waals surface area contributed by atoms with Crippen LogP contribution in [-0.4, -0.2) is 25.7 Å². The van der Waals surface area contributed by atoms with Crippen LogP contribution in [0.15, 0.2) is 24.5 Å². The number of carbonyl (C=O) groups is 1. The van der Waals surface area contributed by atoms with Gasteiger partial charge in [-0.05, 0) is 12.1 Å². The van der Waals surface area contributed by atoms with E-state index in [1.54, 1.807) is 13.1 Å². The summed E-state index contributed by atoms with van der Waals surface area (Å²) in [6.45, 7) is 0. The van der Waals surface area contributed by atoms with Crippen LogP contribution in [0.3, 0.4) is 0 Å². The SMILES string of the molecule is Cn1nccc1C(=O)Nc1nccc(Cl)n1. The van der Waals surface area contributed by atoms with Gasteiger partial charge in [-0.3, -0.25) is 14.8 Å². The van der Waals surface area contributed by atoms with E-state index in [-0.39, 0.29) is 17.0 Å². The number of carbonyl (C=O) groups excluding carboxylic acids is 1. The van der Waals surface area contributed by atoms with Gasteiger partial charge in [0.05, 0.1) is 0 Å². The van der Waals surface area contributed by atoms with E-state index in [2.05, 4.69) is 20.4 Å². The highest BCUT2D eigenvalue weighted by molar-refractivity contribution is 6.29. The monoisotopic (exact) mass is 237 g/mol. The number of hydrogen-bond donors (Lipinski definition) is 1. The van der Waals surface area contributed by atoms with Crippen molar-refractivity contribution in [3.8, 4) is 0 Å². The molecule has 0 aliphatic carbocycles. The molecule has 7 heteroatoms. The molecule has 1 amide bonds. The minimum atomic E-state index is -0.331. The van der Waals surface area contributed by atoms with Crippen molar-refractivity contribution < 1.29 is 4.79 Å². The van der Waals surface area contributed by atoms with Crippen LogP contribution in [0, 0.1) is 0 Å². The standard InChI is InChI=1S/C9H8ClN5O/c1-15-6(2-5-12-15)8(16)14-9-11-4-3-7(10)13-9/h2-5H,1H3,(H,11,13,14,16). The van der Waals surface area contributed by atoms with E-state index in [4.69, 9.17) is 11.6 Å². The number of aromatic nitrogens is 4. The second-order valence-corrected chi connectivity index (χ2v) is 3.38. The third-order valence-electron chi connectivity index (χ3n) is 1.90. The Kier molecular flexibility index (Phi) is 2.82. The largest absolute Gasteiger partial charge is 0.289 e. The van der Waals surface area contributed by atoms with Crippen LogP contribution < -0.4 is 5.32 Å². The van der Waals surface area contributed by atoms with E-state index in [1.165, 1.54) is 23.1 Å². The molecular weight excluding hydrogens is 230 g/mol. The first-order valence-corrected chi connectivity index (χ1v) is 4.82. The first-order chi connectivity index (χ1) is 7.66. The molecule has 2 heterocycles. The van der Waals surface area contributed by atoms with E-state index < -0.39 is 0 Å². The number of amides is 1. The van der Waals surface area contributed by atoms with E-state index in [0.717, 1.165) is 0 Å². The lowest BCUT2D eigenvalue weighted by molar-refractivity contribution is 0.101. The minimum absolute atomic E-state index is 0.165. The van der Waals surface area contributed by atoms with Gasteiger partial charge in [0, 0.05) is 19.4 Å². The number of halogens is 1. The number of hydrogen-bond acceptors (Lipinski definition) is 4. The van der Waals surface area contributed by atoms with Gasteiger partial charge in [0.15, 0.2) is 0 Å². The molecule has 0 saturated heterocycles. The van der Waals surface area contributed by atoms with Gasteiger partial charge in [0.2, 0.25) is 5.95 Å². The molecular formula is C9H8ClN5O. The molecule has 0 radical (unpaired) electrons. The summed E-state index contributed by atoms with van der Waals surface area (Å²) in [6, 6.07) is 3.13. The van der Waals surface area contributed by atoms with Crippen molar-refractivity contribution in [3.63, 3.8) is 0 Å². The number of rotatable bonds is 2. The number of nitrogens with zero attached hydrogens (tertiary/aromatic N) is 4. The van der Waals surface area contributed by atoms with Gasteiger partial charge in [-0.15, -0.1) is 0 Å². The van der Waals surface area contributed by atoms with Crippen molar-refractivity contribution >= 4 is 23.5 Å².